The molecule has 5 N–H and O–H groups in total. The fourth-order valence-electron chi connectivity index (χ4n) is 1.60. The molecule has 0 aromatic heterocycles. The van der Waals surface area contributed by atoms with Crippen LogP contribution in [0.1, 0.15) is 15.9 Å². The SMILES string of the molecule is C=CC=C.NCc1ccc(C(=O)Nc2ccccc2N)cc1. The fourth-order valence-corrected chi connectivity index (χ4v) is 1.60. The van der Waals surface area contributed by atoms with Crippen molar-refractivity contribution in [1.82, 2.24) is 0 Å². The lowest BCUT2D eigenvalue weighted by molar-refractivity contribution is 0.102. The van der Waals surface area contributed by atoms with Crippen LogP contribution < -0.4 is 16.8 Å². The summed E-state index contributed by atoms with van der Waals surface area (Å²) in [6.45, 7) is 7.19. The molecule has 0 spiro atoms. The normalized spacial score (nSPS) is 9.14. The Labute approximate surface area is 131 Å². The number of hydrogen-bond donors (Lipinski definition) is 3. The number of para-hydroxylation sites is 2. The molecule has 0 fully saturated rings. The molecular formula is C18H21N3O. The van der Waals surface area contributed by atoms with Crippen LogP contribution >= 0.6 is 0 Å². The maximum Gasteiger partial charge on any atom is 0.255 e. The maximum absolute atomic E-state index is 12.0. The minimum absolute atomic E-state index is 0.184. The van der Waals surface area contributed by atoms with Crippen LogP contribution in [0.2, 0.25) is 0 Å². The number of nitrogens with two attached hydrogens (primary N) is 2. The van der Waals surface area contributed by atoms with Gasteiger partial charge in [0.15, 0.2) is 0 Å². The molecule has 0 aliphatic rings. The van der Waals surface area contributed by atoms with E-state index >= 15 is 0 Å². The van der Waals surface area contributed by atoms with E-state index in [4.69, 9.17) is 11.5 Å². The van der Waals surface area contributed by atoms with Crippen LogP contribution in [0, 0.1) is 0 Å². The van der Waals surface area contributed by atoms with E-state index in [0.29, 0.717) is 23.5 Å². The van der Waals surface area contributed by atoms with Gasteiger partial charge in [-0.1, -0.05) is 49.6 Å². The summed E-state index contributed by atoms with van der Waals surface area (Å²) in [5, 5.41) is 2.77. The van der Waals surface area contributed by atoms with Gasteiger partial charge in [0.25, 0.3) is 5.91 Å². The quantitative estimate of drug-likeness (QED) is 0.597. The zero-order valence-corrected chi connectivity index (χ0v) is 12.5. The van der Waals surface area contributed by atoms with Crippen molar-refractivity contribution in [2.24, 2.45) is 5.73 Å². The molecule has 1 amide bonds. The van der Waals surface area contributed by atoms with Crippen molar-refractivity contribution in [1.29, 1.82) is 0 Å². The average Bonchev–Trinajstić information content (AvgIpc) is 2.57. The van der Waals surface area contributed by atoms with Crippen molar-refractivity contribution in [2.75, 3.05) is 11.1 Å². The highest BCUT2D eigenvalue weighted by Gasteiger charge is 2.07. The topological polar surface area (TPSA) is 81.1 Å². The van der Waals surface area contributed by atoms with Crippen LogP contribution in [0.3, 0.4) is 0 Å². The first-order valence-corrected chi connectivity index (χ1v) is 6.80. The van der Waals surface area contributed by atoms with Gasteiger partial charge in [-0.25, -0.2) is 0 Å². The van der Waals surface area contributed by atoms with E-state index in [2.05, 4.69) is 18.5 Å². The summed E-state index contributed by atoms with van der Waals surface area (Å²) in [6, 6.07) is 14.3. The van der Waals surface area contributed by atoms with Crippen molar-refractivity contribution in [3.63, 3.8) is 0 Å². The van der Waals surface area contributed by atoms with Gasteiger partial charge in [-0.3, -0.25) is 4.79 Å². The van der Waals surface area contributed by atoms with Crippen LogP contribution in [0.4, 0.5) is 11.4 Å². The Morgan fingerprint density at radius 3 is 2.14 bits per heavy atom. The van der Waals surface area contributed by atoms with Gasteiger partial charge in [-0.05, 0) is 29.8 Å². The Morgan fingerprint density at radius 1 is 1.05 bits per heavy atom. The minimum Gasteiger partial charge on any atom is -0.397 e. The van der Waals surface area contributed by atoms with Crippen LogP contribution in [0.25, 0.3) is 0 Å². The summed E-state index contributed by atoms with van der Waals surface area (Å²) in [5.74, 6) is -0.184. The minimum atomic E-state index is -0.184. The fraction of sp³-hybridized carbons (Fsp3) is 0.0556. The largest absolute Gasteiger partial charge is 0.397 e. The number of amides is 1. The standard InChI is InChI=1S/C14H15N3O.C4H6/c15-9-10-5-7-11(8-6-10)14(18)17-13-4-2-1-3-12(13)16;1-3-4-2/h1-8H,9,15-16H2,(H,17,18);3-4H,1-2H2. The molecule has 114 valence electrons. The second kappa shape index (κ2) is 9.15. The number of allylic oxidation sites excluding steroid dienone is 2. The number of anilines is 2. The molecule has 0 atom stereocenters. The lowest BCUT2D eigenvalue weighted by atomic mass is 10.1. The summed E-state index contributed by atoms with van der Waals surface area (Å²) >= 11 is 0. The molecule has 4 nitrogen and oxygen atoms in total. The highest BCUT2D eigenvalue weighted by atomic mass is 16.1. The van der Waals surface area contributed by atoms with Crippen LogP contribution in [-0.2, 0) is 6.54 Å². The number of nitrogens with one attached hydrogen (secondary N) is 1. The van der Waals surface area contributed by atoms with Crippen molar-refractivity contribution < 1.29 is 4.79 Å². The average molecular weight is 295 g/mol. The molecule has 0 aliphatic carbocycles. The molecule has 0 saturated heterocycles. The van der Waals surface area contributed by atoms with Crippen molar-refractivity contribution in [3.8, 4) is 0 Å². The molecule has 2 rings (SSSR count). The van der Waals surface area contributed by atoms with E-state index in [9.17, 15) is 4.79 Å². The molecule has 0 unspecified atom stereocenters. The molecule has 0 bridgehead atoms. The van der Waals surface area contributed by atoms with Gasteiger partial charge in [-0.15, -0.1) is 0 Å². The lowest BCUT2D eigenvalue weighted by Gasteiger charge is -2.08. The first-order valence-electron chi connectivity index (χ1n) is 6.80. The van der Waals surface area contributed by atoms with E-state index in [1.807, 2.05) is 24.3 Å². The number of benzene rings is 2. The van der Waals surface area contributed by atoms with Gasteiger partial charge in [0.2, 0.25) is 0 Å². The Bertz CT molecular complexity index is 627. The molecular weight excluding hydrogens is 274 g/mol. The molecule has 4 heteroatoms. The highest BCUT2D eigenvalue weighted by Crippen LogP contribution is 2.17. The molecule has 0 radical (unpaired) electrons. The smallest absolute Gasteiger partial charge is 0.255 e. The Kier molecular flexibility index (Phi) is 7.16. The summed E-state index contributed by atoms with van der Waals surface area (Å²) in [6.07, 6.45) is 3.28. The maximum atomic E-state index is 12.0. The summed E-state index contributed by atoms with van der Waals surface area (Å²) in [7, 11) is 0. The van der Waals surface area contributed by atoms with Gasteiger partial charge in [0.1, 0.15) is 0 Å². The highest BCUT2D eigenvalue weighted by molar-refractivity contribution is 6.05. The van der Waals surface area contributed by atoms with Crippen molar-refractivity contribution in [3.05, 3.63) is 85.0 Å². The van der Waals surface area contributed by atoms with Gasteiger partial charge in [0.05, 0.1) is 11.4 Å². The second-order valence-corrected chi connectivity index (χ2v) is 4.41. The molecule has 2 aromatic carbocycles. The number of hydrogen-bond acceptors (Lipinski definition) is 3. The lowest BCUT2D eigenvalue weighted by Crippen LogP contribution is -2.13. The van der Waals surface area contributed by atoms with Crippen molar-refractivity contribution in [2.45, 2.75) is 6.54 Å². The number of carbonyl (C=O) groups excluding carboxylic acids is 1. The van der Waals surface area contributed by atoms with Gasteiger partial charge < -0.3 is 16.8 Å². The molecule has 22 heavy (non-hydrogen) atoms. The summed E-state index contributed by atoms with van der Waals surface area (Å²) < 4.78 is 0. The Hall–Kier alpha value is -2.85. The van der Waals surface area contributed by atoms with E-state index in [-0.39, 0.29) is 5.91 Å². The predicted octanol–water partition coefficient (Wildman–Crippen LogP) is 3.34. The molecule has 0 heterocycles. The van der Waals surface area contributed by atoms with Crippen LogP contribution in [0.5, 0.6) is 0 Å². The molecule has 0 saturated carbocycles. The zero-order chi connectivity index (χ0) is 16.4. The number of rotatable bonds is 4. The van der Waals surface area contributed by atoms with E-state index in [0.717, 1.165) is 5.56 Å². The Balaban J connectivity index is 0.000000541. The third-order valence-electron chi connectivity index (χ3n) is 2.83. The van der Waals surface area contributed by atoms with Gasteiger partial charge in [0, 0.05) is 12.1 Å². The zero-order valence-electron chi connectivity index (χ0n) is 12.5. The predicted molar refractivity (Wildman–Crippen MR) is 93.5 cm³/mol. The van der Waals surface area contributed by atoms with Crippen LogP contribution in [0.15, 0.2) is 73.8 Å². The third-order valence-corrected chi connectivity index (χ3v) is 2.83. The number of nitrogen functional groups attached to an aromatic ring is 1. The van der Waals surface area contributed by atoms with Crippen molar-refractivity contribution >= 4 is 17.3 Å². The summed E-state index contributed by atoms with van der Waals surface area (Å²) in [5.41, 5.74) is 14.0. The third kappa shape index (κ3) is 5.26. The van der Waals surface area contributed by atoms with Gasteiger partial charge >= 0.3 is 0 Å². The molecule has 0 aliphatic heterocycles. The van der Waals surface area contributed by atoms with Gasteiger partial charge in [-0.2, -0.15) is 0 Å². The first kappa shape index (κ1) is 17.2. The van der Waals surface area contributed by atoms with E-state index in [1.54, 1.807) is 36.4 Å². The monoisotopic (exact) mass is 295 g/mol. The second-order valence-electron chi connectivity index (χ2n) is 4.41. The van der Waals surface area contributed by atoms with E-state index in [1.165, 1.54) is 0 Å². The van der Waals surface area contributed by atoms with Crippen LogP contribution in [-0.4, -0.2) is 5.91 Å². The Morgan fingerprint density at radius 2 is 1.64 bits per heavy atom. The molecule has 2 aromatic rings. The first-order chi connectivity index (χ1) is 10.6. The number of carbonyl (C=O) groups is 1. The van der Waals surface area contributed by atoms with E-state index < -0.39 is 0 Å². The summed E-state index contributed by atoms with van der Waals surface area (Å²) in [4.78, 5) is 12.0.